The van der Waals surface area contributed by atoms with E-state index in [1.807, 2.05) is 0 Å². The maximum absolute atomic E-state index is 10.9. The third-order valence-electron chi connectivity index (χ3n) is 1.77. The highest BCUT2D eigenvalue weighted by Crippen LogP contribution is 2.36. The van der Waals surface area contributed by atoms with Crippen LogP contribution in [0.4, 0.5) is 4.79 Å². The van der Waals surface area contributed by atoms with Crippen molar-refractivity contribution in [1.82, 2.24) is 4.90 Å². The van der Waals surface area contributed by atoms with E-state index in [0.29, 0.717) is 6.54 Å². The van der Waals surface area contributed by atoms with E-state index in [9.17, 15) is 9.59 Å². The molecule has 1 aliphatic rings. The first-order valence-electron chi connectivity index (χ1n) is 3.86. The number of amides is 2. The summed E-state index contributed by atoms with van der Waals surface area (Å²) >= 11 is 1.39. The zero-order valence-corrected chi connectivity index (χ0v) is 8.39. The standard InChI is InChI=1S/C7H12N2O3S/c1-5(10)12-7(2)9(6(8)11)3-4-13-7/h3-4H2,1-2H3,(H2,8,11). The first kappa shape index (κ1) is 10.2. The molecule has 13 heavy (non-hydrogen) atoms. The van der Waals surface area contributed by atoms with E-state index in [2.05, 4.69) is 0 Å². The lowest BCUT2D eigenvalue weighted by Gasteiger charge is -2.31. The van der Waals surface area contributed by atoms with Crippen LogP contribution < -0.4 is 5.73 Å². The topological polar surface area (TPSA) is 72.6 Å². The van der Waals surface area contributed by atoms with E-state index in [1.54, 1.807) is 6.92 Å². The number of hydrogen-bond donors (Lipinski definition) is 1. The lowest BCUT2D eigenvalue weighted by atomic mass is 10.5. The number of carbonyl (C=O) groups is 2. The summed E-state index contributed by atoms with van der Waals surface area (Å²) in [6.07, 6.45) is 0. The quantitative estimate of drug-likeness (QED) is 0.625. The van der Waals surface area contributed by atoms with Crippen LogP contribution in [-0.2, 0) is 9.53 Å². The second-order valence-electron chi connectivity index (χ2n) is 2.83. The predicted octanol–water partition coefficient (Wildman–Crippen LogP) is 0.351. The second-order valence-corrected chi connectivity index (χ2v) is 4.28. The summed E-state index contributed by atoms with van der Waals surface area (Å²) in [7, 11) is 0. The Morgan fingerprint density at radius 1 is 1.62 bits per heavy atom. The van der Waals surface area contributed by atoms with Gasteiger partial charge in [-0.2, -0.15) is 0 Å². The maximum Gasteiger partial charge on any atom is 0.318 e. The Morgan fingerprint density at radius 3 is 2.69 bits per heavy atom. The lowest BCUT2D eigenvalue weighted by molar-refractivity contribution is -0.155. The lowest BCUT2D eigenvalue weighted by Crippen LogP contribution is -2.48. The fourth-order valence-corrected chi connectivity index (χ4v) is 2.43. The summed E-state index contributed by atoms with van der Waals surface area (Å²) in [5.41, 5.74) is 5.13. The molecule has 0 spiro atoms. The van der Waals surface area contributed by atoms with Crippen LogP contribution in [0.5, 0.6) is 0 Å². The molecule has 0 aromatic rings. The van der Waals surface area contributed by atoms with E-state index in [4.69, 9.17) is 10.5 Å². The molecule has 1 aliphatic heterocycles. The van der Waals surface area contributed by atoms with Gasteiger partial charge in [-0.15, -0.1) is 0 Å². The Morgan fingerprint density at radius 2 is 2.23 bits per heavy atom. The smallest absolute Gasteiger partial charge is 0.318 e. The van der Waals surface area contributed by atoms with Gasteiger partial charge < -0.3 is 10.5 Å². The van der Waals surface area contributed by atoms with Crippen LogP contribution >= 0.6 is 11.8 Å². The number of nitrogens with two attached hydrogens (primary N) is 1. The summed E-state index contributed by atoms with van der Waals surface area (Å²) in [5, 5.41) is -0.919. The Labute approximate surface area is 80.6 Å². The highest BCUT2D eigenvalue weighted by molar-refractivity contribution is 8.00. The van der Waals surface area contributed by atoms with Crippen LogP contribution in [0.25, 0.3) is 0 Å². The van der Waals surface area contributed by atoms with Crippen molar-refractivity contribution in [3.05, 3.63) is 0 Å². The molecule has 0 saturated carbocycles. The number of urea groups is 1. The van der Waals surface area contributed by atoms with Gasteiger partial charge in [-0.1, -0.05) is 11.8 Å². The average molecular weight is 204 g/mol. The number of rotatable bonds is 1. The van der Waals surface area contributed by atoms with Crippen molar-refractivity contribution < 1.29 is 14.3 Å². The SMILES string of the molecule is CC(=O)OC1(C)SCCN1C(N)=O. The number of thioether (sulfide) groups is 1. The fraction of sp³-hybridized carbons (Fsp3) is 0.714. The Bertz CT molecular complexity index is 246. The molecule has 1 rings (SSSR count). The van der Waals surface area contributed by atoms with Gasteiger partial charge in [-0.05, 0) is 0 Å². The molecular formula is C7H12N2O3S. The highest BCUT2D eigenvalue weighted by atomic mass is 32.2. The van der Waals surface area contributed by atoms with Crippen LogP contribution in [-0.4, -0.2) is 34.3 Å². The molecule has 74 valence electrons. The van der Waals surface area contributed by atoms with Crippen LogP contribution in [0.3, 0.4) is 0 Å². The molecule has 6 heteroatoms. The minimum atomic E-state index is -0.919. The molecule has 1 unspecified atom stereocenters. The molecule has 1 saturated heterocycles. The van der Waals surface area contributed by atoms with E-state index >= 15 is 0 Å². The summed E-state index contributed by atoms with van der Waals surface area (Å²) in [6, 6.07) is -0.561. The van der Waals surface area contributed by atoms with Crippen molar-refractivity contribution in [3.8, 4) is 0 Å². The number of carbonyl (C=O) groups excluding carboxylic acids is 2. The minimum absolute atomic E-state index is 0.414. The summed E-state index contributed by atoms with van der Waals surface area (Å²) in [5.74, 6) is 0.315. The zero-order chi connectivity index (χ0) is 10.1. The van der Waals surface area contributed by atoms with Crippen molar-refractivity contribution in [2.75, 3.05) is 12.3 Å². The van der Waals surface area contributed by atoms with Crippen LogP contribution in [0.2, 0.25) is 0 Å². The van der Waals surface area contributed by atoms with Gasteiger partial charge in [0.05, 0.1) is 0 Å². The first-order chi connectivity index (χ1) is 5.96. The molecule has 2 amide bonds. The molecule has 2 N–H and O–H groups in total. The fourth-order valence-electron chi connectivity index (χ4n) is 1.27. The summed E-state index contributed by atoms with van der Waals surface area (Å²) in [4.78, 5) is 23.0. The van der Waals surface area contributed by atoms with Crippen molar-refractivity contribution in [2.24, 2.45) is 5.73 Å². The van der Waals surface area contributed by atoms with Crippen LogP contribution in [0.1, 0.15) is 13.8 Å². The van der Waals surface area contributed by atoms with Gasteiger partial charge in [0.25, 0.3) is 0 Å². The highest BCUT2D eigenvalue weighted by Gasteiger charge is 2.42. The van der Waals surface area contributed by atoms with E-state index < -0.39 is 17.1 Å². The molecule has 5 nitrogen and oxygen atoms in total. The largest absolute Gasteiger partial charge is 0.429 e. The third-order valence-corrected chi connectivity index (χ3v) is 3.00. The normalized spacial score (nSPS) is 27.4. The van der Waals surface area contributed by atoms with Gasteiger partial charge in [0.1, 0.15) is 0 Å². The average Bonchev–Trinajstić information content (AvgIpc) is 2.28. The second kappa shape index (κ2) is 3.45. The molecule has 1 atom stereocenters. The number of nitrogens with zero attached hydrogens (tertiary/aromatic N) is 1. The minimum Gasteiger partial charge on any atom is -0.429 e. The van der Waals surface area contributed by atoms with Gasteiger partial charge in [0.15, 0.2) is 0 Å². The first-order valence-corrected chi connectivity index (χ1v) is 4.85. The van der Waals surface area contributed by atoms with Gasteiger partial charge in [0, 0.05) is 26.1 Å². The predicted molar refractivity (Wildman–Crippen MR) is 48.9 cm³/mol. The third kappa shape index (κ3) is 2.06. The molecule has 1 heterocycles. The van der Waals surface area contributed by atoms with Crippen LogP contribution in [0.15, 0.2) is 0 Å². The van der Waals surface area contributed by atoms with Crippen LogP contribution in [0, 0.1) is 0 Å². The van der Waals surface area contributed by atoms with E-state index in [-0.39, 0.29) is 0 Å². The Balaban J connectivity index is 2.75. The van der Waals surface area contributed by atoms with Crippen molar-refractivity contribution >= 4 is 23.8 Å². The molecular weight excluding hydrogens is 192 g/mol. The maximum atomic E-state index is 10.9. The molecule has 1 fully saturated rings. The summed E-state index contributed by atoms with van der Waals surface area (Å²) < 4.78 is 5.02. The molecule has 0 aromatic carbocycles. The Kier molecular flexibility index (Phi) is 2.70. The van der Waals surface area contributed by atoms with Gasteiger partial charge >= 0.3 is 12.0 Å². The van der Waals surface area contributed by atoms with E-state index in [1.165, 1.54) is 23.6 Å². The van der Waals surface area contributed by atoms with E-state index in [0.717, 1.165) is 5.75 Å². The molecule has 0 radical (unpaired) electrons. The van der Waals surface area contributed by atoms with Gasteiger partial charge in [0.2, 0.25) is 5.06 Å². The van der Waals surface area contributed by atoms with Gasteiger partial charge in [-0.25, -0.2) is 4.79 Å². The van der Waals surface area contributed by atoms with Crippen molar-refractivity contribution in [3.63, 3.8) is 0 Å². The number of hydrogen-bond acceptors (Lipinski definition) is 4. The molecule has 0 aromatic heterocycles. The molecule has 0 bridgehead atoms. The number of esters is 1. The number of ether oxygens (including phenoxy) is 1. The van der Waals surface area contributed by atoms with Crippen molar-refractivity contribution in [1.29, 1.82) is 0 Å². The Hall–Kier alpha value is -0.910. The zero-order valence-electron chi connectivity index (χ0n) is 7.57. The van der Waals surface area contributed by atoms with Crippen molar-refractivity contribution in [2.45, 2.75) is 18.9 Å². The molecule has 0 aliphatic carbocycles. The van der Waals surface area contributed by atoms with Gasteiger partial charge in [-0.3, -0.25) is 9.69 Å². The number of primary amides is 1. The summed E-state index contributed by atoms with van der Waals surface area (Å²) in [6.45, 7) is 3.49. The monoisotopic (exact) mass is 204 g/mol.